The van der Waals surface area contributed by atoms with Crippen molar-refractivity contribution >= 4 is 11.8 Å². The van der Waals surface area contributed by atoms with Crippen molar-refractivity contribution in [3.8, 4) is 0 Å². The quantitative estimate of drug-likeness (QED) is 0.586. The smallest absolute Gasteiger partial charge is 0.303 e. The van der Waals surface area contributed by atoms with E-state index in [9.17, 15) is 14.7 Å². The number of benzene rings is 1. The number of carbonyl (C=O) groups is 2. The molecule has 0 aliphatic heterocycles. The van der Waals surface area contributed by atoms with E-state index in [4.69, 9.17) is 4.74 Å². The van der Waals surface area contributed by atoms with Crippen LogP contribution in [0.1, 0.15) is 48.8 Å². The van der Waals surface area contributed by atoms with E-state index in [1.165, 1.54) is 0 Å². The lowest BCUT2D eigenvalue weighted by molar-refractivity contribution is -0.139. The van der Waals surface area contributed by atoms with Gasteiger partial charge in [0.1, 0.15) is 0 Å². The van der Waals surface area contributed by atoms with Gasteiger partial charge < -0.3 is 14.8 Å². The SMILES string of the molecule is COCCC(C)C(CC(=O)O)C(C)C(C(=O)c1ncc[nH]1)c1ccccc1. The summed E-state index contributed by atoms with van der Waals surface area (Å²) in [5, 5.41) is 9.45. The number of nitrogens with one attached hydrogen (secondary N) is 1. The highest BCUT2D eigenvalue weighted by Crippen LogP contribution is 2.38. The van der Waals surface area contributed by atoms with E-state index in [1.54, 1.807) is 19.5 Å². The molecule has 4 atom stereocenters. The van der Waals surface area contributed by atoms with Crippen molar-refractivity contribution in [3.63, 3.8) is 0 Å². The highest BCUT2D eigenvalue weighted by atomic mass is 16.5. The lowest BCUT2D eigenvalue weighted by Crippen LogP contribution is -2.32. The molecule has 4 unspecified atom stereocenters. The Morgan fingerprint density at radius 3 is 2.48 bits per heavy atom. The molecule has 0 spiro atoms. The summed E-state index contributed by atoms with van der Waals surface area (Å²) in [6.45, 7) is 4.56. The van der Waals surface area contributed by atoms with Gasteiger partial charge in [0.25, 0.3) is 0 Å². The fourth-order valence-corrected chi connectivity index (χ4v) is 3.77. The first-order valence-corrected chi connectivity index (χ1v) is 9.25. The van der Waals surface area contributed by atoms with E-state index >= 15 is 0 Å². The fraction of sp³-hybridized carbons (Fsp3) is 0.476. The lowest BCUT2D eigenvalue weighted by atomic mass is 9.70. The summed E-state index contributed by atoms with van der Waals surface area (Å²) in [5.41, 5.74) is 0.876. The maximum Gasteiger partial charge on any atom is 0.303 e. The third kappa shape index (κ3) is 5.50. The Kier molecular flexibility index (Phi) is 7.73. The van der Waals surface area contributed by atoms with E-state index in [0.29, 0.717) is 12.4 Å². The highest BCUT2D eigenvalue weighted by molar-refractivity contribution is 5.98. The largest absolute Gasteiger partial charge is 0.481 e. The number of ether oxygens (including phenoxy) is 1. The third-order valence-corrected chi connectivity index (χ3v) is 5.29. The molecule has 1 aromatic heterocycles. The Bertz CT molecular complexity index is 715. The topological polar surface area (TPSA) is 92.3 Å². The number of H-pyrrole nitrogens is 1. The molecule has 0 saturated carbocycles. The van der Waals surface area contributed by atoms with Crippen molar-refractivity contribution in [2.75, 3.05) is 13.7 Å². The average Bonchev–Trinajstić information content (AvgIpc) is 3.19. The van der Waals surface area contributed by atoms with Crippen LogP contribution in [-0.2, 0) is 9.53 Å². The van der Waals surface area contributed by atoms with Crippen LogP contribution in [0.2, 0.25) is 0 Å². The second-order valence-corrected chi connectivity index (χ2v) is 7.07. The van der Waals surface area contributed by atoms with Crippen LogP contribution in [0.5, 0.6) is 0 Å². The molecule has 0 aliphatic rings. The van der Waals surface area contributed by atoms with Crippen LogP contribution >= 0.6 is 0 Å². The van der Waals surface area contributed by atoms with E-state index in [-0.39, 0.29) is 30.0 Å². The number of rotatable bonds is 11. The predicted molar refractivity (Wildman–Crippen MR) is 103 cm³/mol. The molecule has 2 rings (SSSR count). The van der Waals surface area contributed by atoms with Crippen LogP contribution in [0, 0.1) is 17.8 Å². The first-order valence-electron chi connectivity index (χ1n) is 9.25. The Hall–Kier alpha value is -2.47. The molecule has 6 nitrogen and oxygen atoms in total. The number of carboxylic acid groups (broad SMARTS) is 1. The molecule has 0 amide bonds. The predicted octanol–water partition coefficient (Wildman–Crippen LogP) is 3.78. The number of aromatic nitrogens is 2. The molecule has 6 heteroatoms. The van der Waals surface area contributed by atoms with Crippen LogP contribution < -0.4 is 0 Å². The summed E-state index contributed by atoms with van der Waals surface area (Å²) in [5.74, 6) is -1.37. The Morgan fingerprint density at radius 2 is 1.93 bits per heavy atom. The number of Topliss-reactive ketones (excluding diaryl/α,β-unsaturated/α-hetero) is 1. The number of ketones is 1. The van der Waals surface area contributed by atoms with E-state index in [2.05, 4.69) is 9.97 Å². The lowest BCUT2D eigenvalue weighted by Gasteiger charge is -2.33. The van der Waals surface area contributed by atoms with Crippen LogP contribution in [0.3, 0.4) is 0 Å². The number of hydrogen-bond acceptors (Lipinski definition) is 4. The molecule has 0 fully saturated rings. The first-order chi connectivity index (χ1) is 13.0. The molecule has 0 aliphatic carbocycles. The van der Waals surface area contributed by atoms with Crippen molar-refractivity contribution < 1.29 is 19.4 Å². The minimum Gasteiger partial charge on any atom is -0.481 e. The Morgan fingerprint density at radius 1 is 1.22 bits per heavy atom. The zero-order chi connectivity index (χ0) is 19.8. The van der Waals surface area contributed by atoms with Crippen molar-refractivity contribution in [2.24, 2.45) is 17.8 Å². The summed E-state index contributed by atoms with van der Waals surface area (Å²) >= 11 is 0. The second kappa shape index (κ2) is 10.0. The number of carbonyl (C=O) groups excluding carboxylic acids is 1. The van der Waals surface area contributed by atoms with Crippen molar-refractivity contribution in [1.82, 2.24) is 9.97 Å². The molecule has 0 bridgehead atoms. The standard InChI is InChI=1S/C21H28N2O4/c1-14(9-12-27-3)17(13-18(24)25)15(2)19(16-7-5-4-6-8-16)20(26)21-22-10-11-23-21/h4-8,10-11,14-15,17,19H,9,12-13H2,1-3H3,(H,22,23)(H,24,25). The second-order valence-electron chi connectivity index (χ2n) is 7.07. The molecule has 0 saturated heterocycles. The summed E-state index contributed by atoms with van der Waals surface area (Å²) < 4.78 is 5.17. The molecule has 2 aromatic rings. The number of carboxylic acids is 1. The van der Waals surface area contributed by atoms with E-state index in [0.717, 1.165) is 12.0 Å². The molecular formula is C21H28N2O4. The van der Waals surface area contributed by atoms with Gasteiger partial charge in [-0.1, -0.05) is 44.2 Å². The highest BCUT2D eigenvalue weighted by Gasteiger charge is 2.37. The van der Waals surface area contributed by atoms with Crippen LogP contribution in [0.15, 0.2) is 42.7 Å². The number of aromatic amines is 1. The summed E-state index contributed by atoms with van der Waals surface area (Å²) in [6, 6.07) is 9.52. The molecule has 2 N–H and O–H groups in total. The number of nitrogens with zero attached hydrogens (tertiary/aromatic N) is 1. The number of methoxy groups -OCH3 is 1. The van der Waals surface area contributed by atoms with Crippen LogP contribution in [0.4, 0.5) is 0 Å². The van der Waals surface area contributed by atoms with Gasteiger partial charge in [0.05, 0.1) is 5.92 Å². The van der Waals surface area contributed by atoms with Crippen LogP contribution in [-0.4, -0.2) is 40.5 Å². The summed E-state index contributed by atoms with van der Waals surface area (Å²) in [4.78, 5) is 31.7. The Labute approximate surface area is 160 Å². The maximum absolute atomic E-state index is 13.2. The van der Waals surface area contributed by atoms with E-state index in [1.807, 2.05) is 44.2 Å². The van der Waals surface area contributed by atoms with Gasteiger partial charge in [0, 0.05) is 32.5 Å². The molecule has 0 radical (unpaired) electrons. The van der Waals surface area contributed by atoms with Crippen molar-refractivity contribution in [2.45, 2.75) is 32.6 Å². The minimum absolute atomic E-state index is 0.0147. The first kappa shape index (κ1) is 20.8. The molecular weight excluding hydrogens is 344 g/mol. The summed E-state index contributed by atoms with van der Waals surface area (Å²) in [6.07, 6.45) is 3.93. The molecule has 1 aromatic carbocycles. The van der Waals surface area contributed by atoms with Gasteiger partial charge in [0.15, 0.2) is 5.82 Å². The van der Waals surface area contributed by atoms with Gasteiger partial charge in [-0.25, -0.2) is 4.98 Å². The van der Waals surface area contributed by atoms with Gasteiger partial charge in [-0.15, -0.1) is 0 Å². The zero-order valence-electron chi connectivity index (χ0n) is 16.1. The zero-order valence-corrected chi connectivity index (χ0v) is 16.1. The molecule has 27 heavy (non-hydrogen) atoms. The van der Waals surface area contributed by atoms with Crippen LogP contribution in [0.25, 0.3) is 0 Å². The van der Waals surface area contributed by atoms with Gasteiger partial charge in [-0.05, 0) is 29.7 Å². The third-order valence-electron chi connectivity index (χ3n) is 5.29. The van der Waals surface area contributed by atoms with Gasteiger partial charge in [0.2, 0.25) is 5.78 Å². The monoisotopic (exact) mass is 372 g/mol. The number of imidazole rings is 1. The fourth-order valence-electron chi connectivity index (χ4n) is 3.77. The van der Waals surface area contributed by atoms with Crippen molar-refractivity contribution in [1.29, 1.82) is 0 Å². The molecule has 146 valence electrons. The van der Waals surface area contributed by atoms with E-state index < -0.39 is 11.9 Å². The normalized spacial score (nSPS) is 15.7. The minimum atomic E-state index is -0.853. The number of aliphatic carboxylic acids is 1. The average molecular weight is 372 g/mol. The Balaban J connectivity index is 2.38. The number of hydrogen-bond donors (Lipinski definition) is 2. The van der Waals surface area contributed by atoms with Crippen molar-refractivity contribution in [3.05, 3.63) is 54.1 Å². The maximum atomic E-state index is 13.2. The van der Waals surface area contributed by atoms with Gasteiger partial charge in [-0.3, -0.25) is 9.59 Å². The van der Waals surface area contributed by atoms with Gasteiger partial charge in [-0.2, -0.15) is 0 Å². The molecule has 1 heterocycles. The van der Waals surface area contributed by atoms with Gasteiger partial charge >= 0.3 is 5.97 Å². The summed E-state index contributed by atoms with van der Waals surface area (Å²) in [7, 11) is 1.63.